The minimum Gasteiger partial charge on any atom is -0.454 e. The topological polar surface area (TPSA) is 129 Å². The van der Waals surface area contributed by atoms with Gasteiger partial charge in [-0.25, -0.2) is 4.79 Å². The van der Waals surface area contributed by atoms with Crippen LogP contribution in [0.5, 0.6) is 11.5 Å². The summed E-state index contributed by atoms with van der Waals surface area (Å²) in [5, 5.41) is 16.1. The normalized spacial score (nSPS) is 13.2. The van der Waals surface area contributed by atoms with Gasteiger partial charge in [0.05, 0.1) is 10.5 Å². The SMILES string of the molecule is C[C@H](Nc1ccc(C(F)(F)F)cc1[N+](=O)[O-])C(=O)OCC(=O)NCc1ccc2c(c1)OCO2. The molecule has 0 unspecified atom stereocenters. The van der Waals surface area contributed by atoms with Gasteiger partial charge in [-0.3, -0.25) is 14.9 Å². The Morgan fingerprint density at radius 1 is 1.18 bits per heavy atom. The molecule has 176 valence electrons. The highest BCUT2D eigenvalue weighted by molar-refractivity contribution is 5.84. The lowest BCUT2D eigenvalue weighted by molar-refractivity contribution is -0.384. The second-order valence-electron chi connectivity index (χ2n) is 6.92. The quantitative estimate of drug-likeness (QED) is 0.343. The molecule has 1 amide bonds. The first-order chi connectivity index (χ1) is 15.5. The van der Waals surface area contributed by atoms with Crippen LogP contribution in [0.1, 0.15) is 18.1 Å². The van der Waals surface area contributed by atoms with Crippen molar-refractivity contribution in [3.8, 4) is 11.5 Å². The summed E-state index contributed by atoms with van der Waals surface area (Å²) < 4.78 is 53.7. The van der Waals surface area contributed by atoms with Crippen molar-refractivity contribution >= 4 is 23.3 Å². The van der Waals surface area contributed by atoms with Gasteiger partial charge in [-0.05, 0) is 36.8 Å². The Hall–Kier alpha value is -4.03. The lowest BCUT2D eigenvalue weighted by atomic mass is 10.1. The van der Waals surface area contributed by atoms with Crippen molar-refractivity contribution in [1.82, 2.24) is 5.32 Å². The first-order valence-corrected chi connectivity index (χ1v) is 9.48. The van der Waals surface area contributed by atoms with E-state index in [1.54, 1.807) is 18.2 Å². The summed E-state index contributed by atoms with van der Waals surface area (Å²) in [6.07, 6.45) is -4.76. The molecule has 1 atom stereocenters. The third-order valence-electron chi connectivity index (χ3n) is 4.52. The number of carbonyl (C=O) groups excluding carboxylic acids is 2. The first-order valence-electron chi connectivity index (χ1n) is 9.48. The Kier molecular flexibility index (Phi) is 6.89. The van der Waals surface area contributed by atoms with Gasteiger partial charge in [0.1, 0.15) is 11.7 Å². The Bertz CT molecular complexity index is 1080. The molecule has 0 bridgehead atoms. The molecule has 13 heteroatoms. The summed E-state index contributed by atoms with van der Waals surface area (Å²) in [7, 11) is 0. The van der Waals surface area contributed by atoms with Crippen molar-refractivity contribution in [3.05, 3.63) is 57.6 Å². The Labute approximate surface area is 184 Å². The van der Waals surface area contributed by atoms with Crippen molar-refractivity contribution in [3.63, 3.8) is 0 Å². The predicted molar refractivity (Wildman–Crippen MR) is 107 cm³/mol. The number of rotatable bonds is 8. The standard InChI is InChI=1S/C20H18F3N3O7/c1-11(25-14-4-3-13(20(21,22)23)7-15(14)26(29)30)19(28)31-9-18(27)24-8-12-2-5-16-17(6-12)33-10-32-16/h2-7,11,25H,8-10H2,1H3,(H,24,27)/t11-/m0/s1. The fraction of sp³-hybridized carbons (Fsp3) is 0.300. The number of hydrogen-bond acceptors (Lipinski definition) is 8. The minimum absolute atomic E-state index is 0.114. The molecule has 1 aliphatic heterocycles. The van der Waals surface area contributed by atoms with E-state index in [1.807, 2.05) is 0 Å². The molecule has 10 nitrogen and oxygen atoms in total. The number of nitrogens with one attached hydrogen (secondary N) is 2. The summed E-state index contributed by atoms with van der Waals surface area (Å²) >= 11 is 0. The number of nitrogens with zero attached hydrogens (tertiary/aromatic N) is 1. The van der Waals surface area contributed by atoms with E-state index in [9.17, 15) is 32.9 Å². The molecule has 33 heavy (non-hydrogen) atoms. The molecule has 0 aliphatic carbocycles. The number of ether oxygens (including phenoxy) is 3. The van der Waals surface area contributed by atoms with Crippen molar-refractivity contribution < 1.29 is 41.9 Å². The zero-order chi connectivity index (χ0) is 24.2. The molecular formula is C20H18F3N3O7. The van der Waals surface area contributed by atoms with Crippen LogP contribution in [0.2, 0.25) is 0 Å². The summed E-state index contributed by atoms with van der Waals surface area (Å²) in [5.41, 5.74) is -1.63. The molecule has 0 saturated carbocycles. The van der Waals surface area contributed by atoms with Crippen LogP contribution < -0.4 is 20.1 Å². The van der Waals surface area contributed by atoms with Gasteiger partial charge < -0.3 is 24.8 Å². The van der Waals surface area contributed by atoms with Gasteiger partial charge in [0.25, 0.3) is 11.6 Å². The fourth-order valence-corrected chi connectivity index (χ4v) is 2.84. The summed E-state index contributed by atoms with van der Waals surface area (Å²) in [6, 6.07) is 5.80. The highest BCUT2D eigenvalue weighted by atomic mass is 19.4. The van der Waals surface area contributed by atoms with E-state index in [2.05, 4.69) is 10.6 Å². The average molecular weight is 469 g/mol. The zero-order valence-corrected chi connectivity index (χ0v) is 17.1. The van der Waals surface area contributed by atoms with Gasteiger partial charge in [0.15, 0.2) is 18.1 Å². The number of esters is 1. The van der Waals surface area contributed by atoms with Crippen LogP contribution in [0.15, 0.2) is 36.4 Å². The number of nitro groups is 1. The molecule has 2 aromatic carbocycles. The molecule has 2 aromatic rings. The maximum atomic E-state index is 12.8. The smallest absolute Gasteiger partial charge is 0.416 e. The molecule has 3 rings (SSSR count). The van der Waals surface area contributed by atoms with Crippen molar-refractivity contribution in [2.75, 3.05) is 18.7 Å². The minimum atomic E-state index is -4.76. The third kappa shape index (κ3) is 6.02. The van der Waals surface area contributed by atoms with E-state index < -0.39 is 46.9 Å². The van der Waals surface area contributed by atoms with Crippen LogP contribution in [-0.4, -0.2) is 36.2 Å². The van der Waals surface area contributed by atoms with Gasteiger partial charge >= 0.3 is 12.1 Å². The number of halogens is 3. The monoisotopic (exact) mass is 469 g/mol. The highest BCUT2D eigenvalue weighted by Gasteiger charge is 2.33. The zero-order valence-electron chi connectivity index (χ0n) is 17.1. The summed E-state index contributed by atoms with van der Waals surface area (Å²) in [4.78, 5) is 34.2. The lowest BCUT2D eigenvalue weighted by Crippen LogP contribution is -2.33. The summed E-state index contributed by atoms with van der Waals surface area (Å²) in [6.45, 7) is 0.917. The van der Waals surface area contributed by atoms with Crippen molar-refractivity contribution in [1.29, 1.82) is 0 Å². The number of anilines is 1. The van der Waals surface area contributed by atoms with Crippen molar-refractivity contribution in [2.45, 2.75) is 25.7 Å². The van der Waals surface area contributed by atoms with Crippen LogP contribution in [0.4, 0.5) is 24.5 Å². The summed E-state index contributed by atoms with van der Waals surface area (Å²) in [5.74, 6) is -0.393. The first kappa shape index (κ1) is 23.6. The van der Waals surface area contributed by atoms with E-state index in [4.69, 9.17) is 14.2 Å². The van der Waals surface area contributed by atoms with E-state index in [0.29, 0.717) is 23.6 Å². The predicted octanol–water partition coefficient (Wildman–Crippen LogP) is 3.00. The number of benzene rings is 2. The Morgan fingerprint density at radius 2 is 1.91 bits per heavy atom. The molecule has 0 aromatic heterocycles. The molecule has 0 saturated heterocycles. The Balaban J connectivity index is 1.51. The molecule has 0 fully saturated rings. The van der Waals surface area contributed by atoms with Gasteiger partial charge in [0, 0.05) is 12.6 Å². The Morgan fingerprint density at radius 3 is 2.61 bits per heavy atom. The largest absolute Gasteiger partial charge is 0.454 e. The number of amides is 1. The van der Waals surface area contributed by atoms with Crippen LogP contribution in [0, 0.1) is 10.1 Å². The van der Waals surface area contributed by atoms with Crippen molar-refractivity contribution in [2.24, 2.45) is 0 Å². The number of nitro benzene ring substituents is 1. The molecule has 1 heterocycles. The van der Waals surface area contributed by atoms with Crippen LogP contribution in [0.25, 0.3) is 0 Å². The second-order valence-corrected chi connectivity index (χ2v) is 6.92. The van der Waals surface area contributed by atoms with Gasteiger partial charge in [-0.15, -0.1) is 0 Å². The van der Waals surface area contributed by atoms with Crippen LogP contribution >= 0.6 is 0 Å². The van der Waals surface area contributed by atoms with E-state index >= 15 is 0 Å². The highest BCUT2D eigenvalue weighted by Crippen LogP contribution is 2.35. The van der Waals surface area contributed by atoms with E-state index in [1.165, 1.54) is 6.92 Å². The van der Waals surface area contributed by atoms with Gasteiger partial charge in [-0.1, -0.05) is 6.07 Å². The van der Waals surface area contributed by atoms with Crippen LogP contribution in [0.3, 0.4) is 0 Å². The number of alkyl halides is 3. The average Bonchev–Trinajstić information content (AvgIpc) is 3.23. The second kappa shape index (κ2) is 9.63. The molecular weight excluding hydrogens is 451 g/mol. The molecule has 2 N–H and O–H groups in total. The van der Waals surface area contributed by atoms with Gasteiger partial charge in [0.2, 0.25) is 6.79 Å². The molecule has 0 spiro atoms. The number of carbonyl (C=O) groups is 2. The molecule has 1 aliphatic rings. The maximum Gasteiger partial charge on any atom is 0.416 e. The van der Waals surface area contributed by atoms with Crippen LogP contribution in [-0.2, 0) is 27.0 Å². The van der Waals surface area contributed by atoms with Gasteiger partial charge in [-0.2, -0.15) is 13.2 Å². The molecule has 0 radical (unpaired) electrons. The number of hydrogen-bond donors (Lipinski definition) is 2. The van der Waals surface area contributed by atoms with E-state index in [0.717, 1.165) is 11.6 Å². The number of fused-ring (bicyclic) bond motifs is 1. The fourth-order valence-electron chi connectivity index (χ4n) is 2.84. The third-order valence-corrected chi connectivity index (χ3v) is 4.52. The maximum absolute atomic E-state index is 12.8. The van der Waals surface area contributed by atoms with E-state index in [-0.39, 0.29) is 19.0 Å². The lowest BCUT2D eigenvalue weighted by Gasteiger charge is -2.15.